The average molecular weight is 228 g/mol. The molecule has 1 aromatic rings. The van der Waals surface area contributed by atoms with Crippen molar-refractivity contribution in [2.45, 2.75) is 25.7 Å². The predicted octanol–water partition coefficient (Wildman–Crippen LogP) is 2.77. The van der Waals surface area contributed by atoms with Gasteiger partial charge in [-0.2, -0.15) is 0 Å². The Balaban J connectivity index is 2.02. The topological polar surface area (TPSA) is 26.3 Å². The van der Waals surface area contributed by atoms with E-state index in [0.29, 0.717) is 6.42 Å². The Morgan fingerprint density at radius 1 is 1.35 bits per heavy atom. The van der Waals surface area contributed by atoms with Crippen LogP contribution < -0.4 is 0 Å². The number of methoxy groups -OCH3 is 1. The molecule has 1 aliphatic carbocycles. The maximum absolute atomic E-state index is 11.7. The number of rotatable bonds is 2. The maximum Gasteiger partial charge on any atom is 0.312 e. The lowest BCUT2D eigenvalue weighted by Gasteiger charge is -2.37. The van der Waals surface area contributed by atoms with Crippen molar-refractivity contribution in [3.05, 3.63) is 35.9 Å². The third kappa shape index (κ3) is 2.50. The molecule has 0 heterocycles. The molecule has 0 amide bonds. The van der Waals surface area contributed by atoms with Crippen LogP contribution in [0.4, 0.5) is 0 Å². The summed E-state index contributed by atoms with van der Waals surface area (Å²) < 4.78 is 4.85. The summed E-state index contributed by atoms with van der Waals surface area (Å²) >= 11 is 0. The average Bonchev–Trinajstić information content (AvgIpc) is 2.33. The summed E-state index contributed by atoms with van der Waals surface area (Å²) in [7, 11) is 1.45. The lowest BCUT2D eigenvalue weighted by molar-refractivity contribution is -0.157. The molecular weight excluding hydrogens is 212 g/mol. The number of benzene rings is 1. The first-order valence-electron chi connectivity index (χ1n) is 5.89. The number of ether oxygens (including phenoxy) is 1. The van der Waals surface area contributed by atoms with Crippen LogP contribution in [0.3, 0.4) is 0 Å². The Morgan fingerprint density at radius 2 is 2.06 bits per heavy atom. The second-order valence-corrected chi connectivity index (χ2v) is 4.47. The second kappa shape index (κ2) is 5.05. The molecule has 2 nitrogen and oxygen atoms in total. The van der Waals surface area contributed by atoms with Crippen LogP contribution in [0.15, 0.2) is 30.3 Å². The van der Waals surface area contributed by atoms with Crippen molar-refractivity contribution in [2.24, 2.45) is 5.41 Å². The zero-order valence-electron chi connectivity index (χ0n) is 10.0. The van der Waals surface area contributed by atoms with E-state index in [-0.39, 0.29) is 11.4 Å². The van der Waals surface area contributed by atoms with Gasteiger partial charge < -0.3 is 4.74 Å². The summed E-state index contributed by atoms with van der Waals surface area (Å²) in [6.07, 6.45) is 3.52. The van der Waals surface area contributed by atoms with E-state index in [9.17, 15) is 4.79 Å². The summed E-state index contributed by atoms with van der Waals surface area (Å²) in [4.78, 5) is 11.7. The van der Waals surface area contributed by atoms with E-state index < -0.39 is 0 Å². The molecule has 0 spiro atoms. The van der Waals surface area contributed by atoms with Gasteiger partial charge in [0.2, 0.25) is 0 Å². The Morgan fingerprint density at radius 3 is 2.59 bits per heavy atom. The molecule has 88 valence electrons. The van der Waals surface area contributed by atoms with E-state index in [4.69, 9.17) is 4.74 Å². The van der Waals surface area contributed by atoms with Crippen LogP contribution in [0.1, 0.15) is 31.2 Å². The number of carbonyl (C=O) groups is 1. The Kier molecular flexibility index (Phi) is 3.49. The number of esters is 1. The highest BCUT2D eigenvalue weighted by Crippen LogP contribution is 2.44. The summed E-state index contributed by atoms with van der Waals surface area (Å²) in [5.41, 5.74) is 0.670. The first-order valence-corrected chi connectivity index (χ1v) is 5.89. The van der Waals surface area contributed by atoms with Crippen molar-refractivity contribution in [2.75, 3.05) is 7.11 Å². The van der Waals surface area contributed by atoms with Gasteiger partial charge in [0.1, 0.15) is 0 Å². The highest BCUT2D eigenvalue weighted by molar-refractivity contribution is 5.78. The van der Waals surface area contributed by atoms with Crippen LogP contribution in [0, 0.1) is 17.3 Å². The van der Waals surface area contributed by atoms with Gasteiger partial charge >= 0.3 is 5.97 Å². The molecule has 0 aromatic heterocycles. The van der Waals surface area contributed by atoms with Gasteiger partial charge in [0.15, 0.2) is 0 Å². The number of hydrogen-bond acceptors (Lipinski definition) is 2. The van der Waals surface area contributed by atoms with Gasteiger partial charge in [0.05, 0.1) is 12.5 Å². The van der Waals surface area contributed by atoms with Crippen molar-refractivity contribution >= 4 is 5.97 Å². The highest BCUT2D eigenvalue weighted by atomic mass is 16.5. The van der Waals surface area contributed by atoms with E-state index in [1.165, 1.54) is 7.11 Å². The Labute approximate surface area is 102 Å². The van der Waals surface area contributed by atoms with Crippen LogP contribution in [-0.4, -0.2) is 13.1 Å². The van der Waals surface area contributed by atoms with Crippen LogP contribution in [0.5, 0.6) is 0 Å². The molecule has 1 aliphatic rings. The predicted molar refractivity (Wildman–Crippen MR) is 66.2 cm³/mol. The van der Waals surface area contributed by atoms with Crippen LogP contribution in [0.2, 0.25) is 0 Å². The smallest absolute Gasteiger partial charge is 0.312 e. The lowest BCUT2D eigenvalue weighted by Crippen LogP contribution is -2.38. The van der Waals surface area contributed by atoms with Gasteiger partial charge in [0, 0.05) is 12.0 Å². The molecule has 17 heavy (non-hydrogen) atoms. The molecule has 0 atom stereocenters. The zero-order chi connectivity index (χ0) is 12.1. The number of carbonyl (C=O) groups excluding carboxylic acids is 1. The molecule has 0 saturated heterocycles. The monoisotopic (exact) mass is 228 g/mol. The largest absolute Gasteiger partial charge is 0.469 e. The van der Waals surface area contributed by atoms with E-state index in [0.717, 1.165) is 24.8 Å². The molecule has 2 heteroatoms. The molecule has 0 N–H and O–H groups in total. The third-order valence-electron chi connectivity index (χ3n) is 3.36. The van der Waals surface area contributed by atoms with E-state index in [1.807, 2.05) is 30.3 Å². The second-order valence-electron chi connectivity index (χ2n) is 4.47. The minimum Gasteiger partial charge on any atom is -0.469 e. The van der Waals surface area contributed by atoms with Crippen LogP contribution >= 0.6 is 0 Å². The van der Waals surface area contributed by atoms with Crippen molar-refractivity contribution in [1.29, 1.82) is 0 Å². The van der Waals surface area contributed by atoms with Crippen molar-refractivity contribution in [1.82, 2.24) is 0 Å². The first-order chi connectivity index (χ1) is 8.27. The van der Waals surface area contributed by atoms with Crippen molar-refractivity contribution in [3.63, 3.8) is 0 Å². The Hall–Kier alpha value is -1.75. The summed E-state index contributed by atoms with van der Waals surface area (Å²) in [5, 5.41) is 0. The molecule has 0 aliphatic heterocycles. The Bertz CT molecular complexity index is 447. The standard InChI is InChI=1S/C15H16O2/c1-17-14(16)15(11-6-12-15)10-5-9-13-7-3-2-4-8-13/h2-4,7-8H,6,10-12H2,1H3. The molecule has 0 radical (unpaired) electrons. The minimum atomic E-state index is -0.323. The van der Waals surface area contributed by atoms with Gasteiger partial charge in [0.25, 0.3) is 0 Å². The van der Waals surface area contributed by atoms with E-state index >= 15 is 0 Å². The summed E-state index contributed by atoms with van der Waals surface area (Å²) in [5.74, 6) is 6.09. The van der Waals surface area contributed by atoms with Crippen LogP contribution in [-0.2, 0) is 9.53 Å². The fraction of sp³-hybridized carbons (Fsp3) is 0.400. The molecule has 2 rings (SSSR count). The molecule has 1 saturated carbocycles. The van der Waals surface area contributed by atoms with Gasteiger partial charge in [-0.05, 0) is 25.0 Å². The summed E-state index contributed by atoms with van der Waals surface area (Å²) in [6, 6.07) is 9.83. The van der Waals surface area contributed by atoms with Gasteiger partial charge in [-0.15, -0.1) is 0 Å². The lowest BCUT2D eigenvalue weighted by atomic mass is 9.67. The highest BCUT2D eigenvalue weighted by Gasteiger charge is 2.44. The fourth-order valence-corrected chi connectivity index (χ4v) is 2.11. The maximum atomic E-state index is 11.7. The SMILES string of the molecule is COC(=O)C1(CC#Cc2ccccc2)CCC1. The number of hydrogen-bond donors (Lipinski definition) is 0. The first kappa shape index (κ1) is 11.7. The molecule has 0 unspecified atom stereocenters. The van der Waals surface area contributed by atoms with Gasteiger partial charge in [-0.1, -0.05) is 36.5 Å². The molecule has 1 aromatic carbocycles. The molecule has 1 fully saturated rings. The quantitative estimate of drug-likeness (QED) is 0.574. The van der Waals surface area contributed by atoms with Crippen molar-refractivity contribution < 1.29 is 9.53 Å². The fourth-order valence-electron chi connectivity index (χ4n) is 2.11. The molecular formula is C15H16O2. The minimum absolute atomic E-state index is 0.105. The van der Waals surface area contributed by atoms with Crippen LogP contribution in [0.25, 0.3) is 0 Å². The van der Waals surface area contributed by atoms with Gasteiger partial charge in [-0.3, -0.25) is 4.79 Å². The van der Waals surface area contributed by atoms with Gasteiger partial charge in [-0.25, -0.2) is 0 Å². The summed E-state index contributed by atoms with van der Waals surface area (Å²) in [6.45, 7) is 0. The zero-order valence-corrected chi connectivity index (χ0v) is 10.0. The molecule has 0 bridgehead atoms. The van der Waals surface area contributed by atoms with E-state index in [2.05, 4.69) is 11.8 Å². The van der Waals surface area contributed by atoms with Crippen molar-refractivity contribution in [3.8, 4) is 11.8 Å². The van der Waals surface area contributed by atoms with E-state index in [1.54, 1.807) is 0 Å². The normalized spacial score (nSPS) is 16.3. The third-order valence-corrected chi connectivity index (χ3v) is 3.36.